The van der Waals surface area contributed by atoms with Crippen molar-refractivity contribution in [2.24, 2.45) is 0 Å². The van der Waals surface area contributed by atoms with Crippen LogP contribution in [0.5, 0.6) is 0 Å². The molecule has 1 fully saturated rings. The molecule has 1 atom stereocenters. The van der Waals surface area contributed by atoms with Gasteiger partial charge in [0.15, 0.2) is 0 Å². The van der Waals surface area contributed by atoms with Crippen LogP contribution in [0.3, 0.4) is 0 Å². The smallest absolute Gasteiger partial charge is 0.267 e. The normalized spacial score (nSPS) is 27.7. The minimum Gasteiger partial charge on any atom is -0.394 e. The highest BCUT2D eigenvalue weighted by Gasteiger charge is 2.45. The fourth-order valence-corrected chi connectivity index (χ4v) is 1.43. The Bertz CT molecular complexity index is 196. The van der Waals surface area contributed by atoms with Crippen LogP contribution in [-0.2, 0) is 4.79 Å². The van der Waals surface area contributed by atoms with Crippen molar-refractivity contribution in [3.63, 3.8) is 0 Å². The Kier molecular flexibility index (Phi) is 2.32. The van der Waals surface area contributed by atoms with E-state index >= 15 is 0 Å². The van der Waals surface area contributed by atoms with Crippen molar-refractivity contribution in [2.75, 3.05) is 13.2 Å². The Labute approximate surface area is 69.0 Å². The van der Waals surface area contributed by atoms with Crippen molar-refractivity contribution < 1.29 is 18.7 Å². The van der Waals surface area contributed by atoms with Crippen LogP contribution in [0.25, 0.3) is 0 Å². The highest BCUT2D eigenvalue weighted by molar-refractivity contribution is 5.74. The first kappa shape index (κ1) is 9.38. The van der Waals surface area contributed by atoms with E-state index in [0.29, 0.717) is 0 Å². The summed E-state index contributed by atoms with van der Waals surface area (Å²) in [5.74, 6) is -3.25. The number of nitrogens with zero attached hydrogens (tertiary/aromatic N) is 1. The first-order chi connectivity index (χ1) is 5.46. The van der Waals surface area contributed by atoms with Crippen molar-refractivity contribution in [3.8, 4) is 0 Å². The topological polar surface area (TPSA) is 40.5 Å². The van der Waals surface area contributed by atoms with Crippen molar-refractivity contribution in [2.45, 2.75) is 25.3 Å². The number of hydrogen-bond acceptors (Lipinski definition) is 2. The number of carbonyl (C=O) groups is 1. The van der Waals surface area contributed by atoms with Crippen LogP contribution in [0.1, 0.15) is 13.3 Å². The van der Waals surface area contributed by atoms with Crippen LogP contribution in [0.4, 0.5) is 8.78 Å². The standard InChI is InChI=1S/C7H11F2NO2/c1-5(12)10-4-7(8,9)2-6(10)3-11/h6,11H,2-4H2,1H3/t6-/m0/s1. The summed E-state index contributed by atoms with van der Waals surface area (Å²) >= 11 is 0. The van der Waals surface area contributed by atoms with E-state index in [2.05, 4.69) is 0 Å². The second-order valence-corrected chi connectivity index (χ2v) is 3.04. The first-order valence-corrected chi connectivity index (χ1v) is 3.72. The van der Waals surface area contributed by atoms with Gasteiger partial charge in [-0.15, -0.1) is 0 Å². The lowest BCUT2D eigenvalue weighted by atomic mass is 10.2. The molecule has 0 aromatic rings. The van der Waals surface area contributed by atoms with Crippen LogP contribution in [0.2, 0.25) is 0 Å². The minimum atomic E-state index is -2.83. The van der Waals surface area contributed by atoms with E-state index in [1.165, 1.54) is 6.92 Å². The Hall–Kier alpha value is -0.710. The molecule has 1 amide bonds. The number of rotatable bonds is 1. The molecule has 5 heteroatoms. The van der Waals surface area contributed by atoms with Gasteiger partial charge in [-0.25, -0.2) is 8.78 Å². The SMILES string of the molecule is CC(=O)N1CC(F)(F)C[C@H]1CO. The first-order valence-electron chi connectivity index (χ1n) is 3.72. The molecule has 0 unspecified atom stereocenters. The molecule has 0 aromatic carbocycles. The third kappa shape index (κ3) is 1.72. The zero-order valence-electron chi connectivity index (χ0n) is 6.76. The molecule has 0 radical (unpaired) electrons. The summed E-state index contributed by atoms with van der Waals surface area (Å²) in [5.41, 5.74) is 0. The van der Waals surface area contributed by atoms with Gasteiger partial charge in [0.25, 0.3) is 5.92 Å². The van der Waals surface area contributed by atoms with E-state index in [-0.39, 0.29) is 0 Å². The summed E-state index contributed by atoms with van der Waals surface area (Å²) < 4.78 is 25.4. The third-order valence-electron chi connectivity index (χ3n) is 1.99. The fraction of sp³-hybridized carbons (Fsp3) is 0.857. The van der Waals surface area contributed by atoms with Gasteiger partial charge < -0.3 is 10.0 Å². The van der Waals surface area contributed by atoms with Gasteiger partial charge in [0, 0.05) is 13.3 Å². The van der Waals surface area contributed by atoms with Crippen LogP contribution in [-0.4, -0.2) is 41.0 Å². The Morgan fingerprint density at radius 3 is 2.67 bits per heavy atom. The molecule has 1 saturated heterocycles. The largest absolute Gasteiger partial charge is 0.394 e. The molecule has 1 rings (SSSR count). The highest BCUT2D eigenvalue weighted by Crippen LogP contribution is 2.31. The molecule has 70 valence electrons. The van der Waals surface area contributed by atoms with E-state index in [0.717, 1.165) is 4.90 Å². The summed E-state index contributed by atoms with van der Waals surface area (Å²) in [7, 11) is 0. The molecule has 0 bridgehead atoms. The second-order valence-electron chi connectivity index (χ2n) is 3.04. The lowest BCUT2D eigenvalue weighted by Gasteiger charge is -2.19. The number of alkyl halides is 2. The van der Waals surface area contributed by atoms with Crippen LogP contribution in [0, 0.1) is 0 Å². The van der Waals surface area contributed by atoms with E-state index in [4.69, 9.17) is 5.11 Å². The molecule has 0 saturated carbocycles. The predicted molar refractivity (Wildman–Crippen MR) is 37.8 cm³/mol. The van der Waals surface area contributed by atoms with Crippen LogP contribution < -0.4 is 0 Å². The van der Waals surface area contributed by atoms with Gasteiger partial charge in [-0.2, -0.15) is 0 Å². The number of aliphatic hydroxyl groups is 1. The lowest BCUT2D eigenvalue weighted by molar-refractivity contribution is -0.131. The summed E-state index contributed by atoms with van der Waals surface area (Å²) in [6, 6.07) is -0.711. The van der Waals surface area contributed by atoms with Crippen LogP contribution >= 0.6 is 0 Å². The third-order valence-corrected chi connectivity index (χ3v) is 1.99. The maximum atomic E-state index is 12.7. The van der Waals surface area contributed by atoms with Crippen molar-refractivity contribution in [1.29, 1.82) is 0 Å². The monoisotopic (exact) mass is 179 g/mol. The molecule has 1 N–H and O–H groups in total. The number of likely N-dealkylation sites (tertiary alicyclic amines) is 1. The maximum Gasteiger partial charge on any atom is 0.267 e. The molecule has 0 spiro atoms. The Morgan fingerprint density at radius 1 is 1.75 bits per heavy atom. The molecule has 3 nitrogen and oxygen atoms in total. The number of halogens is 2. The molecular weight excluding hydrogens is 168 g/mol. The number of aliphatic hydroxyl groups excluding tert-OH is 1. The van der Waals surface area contributed by atoms with Crippen molar-refractivity contribution >= 4 is 5.91 Å². The molecular formula is C7H11F2NO2. The summed E-state index contributed by atoms with van der Waals surface area (Å²) in [6.07, 6.45) is -0.428. The van der Waals surface area contributed by atoms with Gasteiger partial charge >= 0.3 is 0 Å². The quantitative estimate of drug-likeness (QED) is 0.626. The van der Waals surface area contributed by atoms with Gasteiger partial charge in [-0.3, -0.25) is 4.79 Å². The van der Waals surface area contributed by atoms with Gasteiger partial charge in [-0.1, -0.05) is 0 Å². The number of carbonyl (C=O) groups excluding carboxylic acids is 1. The summed E-state index contributed by atoms with van der Waals surface area (Å²) in [6.45, 7) is 0.271. The van der Waals surface area contributed by atoms with E-state index in [1.54, 1.807) is 0 Å². The van der Waals surface area contributed by atoms with E-state index < -0.39 is 37.4 Å². The van der Waals surface area contributed by atoms with Gasteiger partial charge in [-0.05, 0) is 0 Å². The molecule has 1 aliphatic rings. The highest BCUT2D eigenvalue weighted by atomic mass is 19.3. The maximum absolute atomic E-state index is 12.7. The average Bonchev–Trinajstić information content (AvgIpc) is 2.25. The van der Waals surface area contributed by atoms with Gasteiger partial charge in [0.1, 0.15) is 0 Å². The Morgan fingerprint density at radius 2 is 2.33 bits per heavy atom. The fourth-order valence-electron chi connectivity index (χ4n) is 1.43. The van der Waals surface area contributed by atoms with Crippen LogP contribution in [0.15, 0.2) is 0 Å². The molecule has 1 heterocycles. The minimum absolute atomic E-state index is 0.394. The molecule has 0 aliphatic carbocycles. The number of amides is 1. The predicted octanol–water partition coefficient (Wildman–Crippen LogP) is 0.235. The van der Waals surface area contributed by atoms with Gasteiger partial charge in [0.2, 0.25) is 5.91 Å². The second kappa shape index (κ2) is 2.97. The molecule has 12 heavy (non-hydrogen) atoms. The van der Waals surface area contributed by atoms with Crippen molar-refractivity contribution in [1.82, 2.24) is 4.90 Å². The average molecular weight is 179 g/mol. The zero-order valence-corrected chi connectivity index (χ0v) is 6.76. The van der Waals surface area contributed by atoms with Gasteiger partial charge in [0.05, 0.1) is 19.2 Å². The lowest BCUT2D eigenvalue weighted by Crippen LogP contribution is -2.36. The number of hydrogen-bond donors (Lipinski definition) is 1. The Balaban J connectivity index is 2.69. The summed E-state index contributed by atoms with van der Waals surface area (Å²) in [4.78, 5) is 11.8. The molecule has 0 aromatic heterocycles. The van der Waals surface area contributed by atoms with E-state index in [9.17, 15) is 13.6 Å². The molecule has 1 aliphatic heterocycles. The van der Waals surface area contributed by atoms with Crippen molar-refractivity contribution in [3.05, 3.63) is 0 Å². The summed E-state index contributed by atoms with van der Waals surface area (Å²) in [5, 5.41) is 8.69. The zero-order chi connectivity index (χ0) is 9.35. The van der Waals surface area contributed by atoms with E-state index in [1.807, 2.05) is 0 Å².